The van der Waals surface area contributed by atoms with Gasteiger partial charge in [0.1, 0.15) is 5.76 Å². The molecule has 0 radical (unpaired) electrons. The summed E-state index contributed by atoms with van der Waals surface area (Å²) in [5, 5.41) is 14.4. The molecule has 0 aliphatic carbocycles. The molecule has 0 bridgehead atoms. The first-order valence-corrected chi connectivity index (χ1v) is 6.21. The van der Waals surface area contributed by atoms with E-state index in [4.69, 9.17) is 9.52 Å². The number of likely N-dealkylation sites (N-methyl/N-ethyl adjacent to an activating group) is 1. The Hall–Kier alpha value is -1.82. The molecule has 3 N–H and O–H groups in total. The van der Waals surface area contributed by atoms with Gasteiger partial charge < -0.3 is 14.8 Å². The van der Waals surface area contributed by atoms with Crippen LogP contribution in [0.3, 0.4) is 0 Å². The molecular formula is C13H20N2O4. The fraction of sp³-hybridized carbons (Fsp3) is 0.538. The van der Waals surface area contributed by atoms with Crippen LogP contribution in [0, 0.1) is 5.92 Å². The van der Waals surface area contributed by atoms with E-state index < -0.39 is 5.97 Å². The number of nitrogens with one attached hydrogen (secondary N) is 2. The molecule has 0 saturated heterocycles. The Morgan fingerprint density at radius 1 is 1.37 bits per heavy atom. The number of carbonyl (C=O) groups excluding carboxylic acids is 1. The van der Waals surface area contributed by atoms with Crippen LogP contribution in [-0.2, 0) is 11.3 Å². The second-order valence-corrected chi connectivity index (χ2v) is 4.75. The third kappa shape index (κ3) is 4.75. The number of amides is 1. The number of carboxylic acid groups (broad SMARTS) is 1. The number of hydrogen-bond donors (Lipinski definition) is 3. The van der Waals surface area contributed by atoms with Crippen LogP contribution in [0.2, 0.25) is 0 Å². The molecule has 0 saturated carbocycles. The molecule has 1 heterocycles. The molecular weight excluding hydrogens is 248 g/mol. The first kappa shape index (κ1) is 15.2. The number of carboxylic acids is 1. The first-order valence-electron chi connectivity index (χ1n) is 6.21. The summed E-state index contributed by atoms with van der Waals surface area (Å²) in [5.41, 5.74) is 0. The van der Waals surface area contributed by atoms with Crippen LogP contribution < -0.4 is 10.6 Å². The van der Waals surface area contributed by atoms with Gasteiger partial charge in [0.25, 0.3) is 0 Å². The van der Waals surface area contributed by atoms with Crippen LogP contribution in [0.25, 0.3) is 0 Å². The van der Waals surface area contributed by atoms with Crippen molar-refractivity contribution in [3.63, 3.8) is 0 Å². The Morgan fingerprint density at radius 2 is 2.05 bits per heavy atom. The normalized spacial score (nSPS) is 12.4. The molecule has 1 amide bonds. The van der Waals surface area contributed by atoms with Crippen molar-refractivity contribution >= 4 is 11.9 Å². The molecule has 1 aromatic rings. The quantitative estimate of drug-likeness (QED) is 0.691. The summed E-state index contributed by atoms with van der Waals surface area (Å²) >= 11 is 0. The zero-order valence-corrected chi connectivity index (χ0v) is 11.4. The number of carbonyl (C=O) groups is 2. The molecule has 1 atom stereocenters. The number of aromatic carboxylic acids is 1. The van der Waals surface area contributed by atoms with E-state index in [9.17, 15) is 9.59 Å². The van der Waals surface area contributed by atoms with Gasteiger partial charge in [-0.3, -0.25) is 10.1 Å². The minimum Gasteiger partial charge on any atom is -0.475 e. The summed E-state index contributed by atoms with van der Waals surface area (Å²) in [6.45, 7) is 4.39. The van der Waals surface area contributed by atoms with Gasteiger partial charge in [-0.15, -0.1) is 0 Å². The van der Waals surface area contributed by atoms with Crippen LogP contribution in [0.5, 0.6) is 0 Å². The van der Waals surface area contributed by atoms with Crippen molar-refractivity contribution in [3.8, 4) is 0 Å². The lowest BCUT2D eigenvalue weighted by Gasteiger charge is -2.18. The highest BCUT2D eigenvalue weighted by molar-refractivity contribution is 5.84. The van der Waals surface area contributed by atoms with E-state index in [-0.39, 0.29) is 17.7 Å². The zero-order chi connectivity index (χ0) is 14.4. The molecule has 0 fully saturated rings. The highest BCUT2D eigenvalue weighted by atomic mass is 16.4. The molecule has 19 heavy (non-hydrogen) atoms. The highest BCUT2D eigenvalue weighted by Crippen LogP contribution is 2.10. The van der Waals surface area contributed by atoms with E-state index in [0.29, 0.717) is 24.6 Å². The lowest BCUT2D eigenvalue weighted by molar-refractivity contribution is -0.123. The van der Waals surface area contributed by atoms with E-state index in [1.54, 1.807) is 13.1 Å². The van der Waals surface area contributed by atoms with Crippen molar-refractivity contribution in [3.05, 3.63) is 23.7 Å². The Kier molecular flexibility index (Phi) is 5.57. The predicted molar refractivity (Wildman–Crippen MR) is 69.8 cm³/mol. The molecule has 0 aliphatic heterocycles. The highest BCUT2D eigenvalue weighted by Gasteiger charge is 2.18. The Labute approximate surface area is 112 Å². The van der Waals surface area contributed by atoms with Gasteiger partial charge in [0.2, 0.25) is 11.7 Å². The van der Waals surface area contributed by atoms with Gasteiger partial charge in [0, 0.05) is 7.05 Å². The SMILES string of the molecule is CNC(=O)C(CC(C)C)NCc1ccc(C(=O)O)o1. The molecule has 0 spiro atoms. The van der Waals surface area contributed by atoms with E-state index >= 15 is 0 Å². The molecule has 1 aromatic heterocycles. The average molecular weight is 268 g/mol. The number of rotatable bonds is 7. The van der Waals surface area contributed by atoms with Crippen molar-refractivity contribution in [2.24, 2.45) is 5.92 Å². The Balaban J connectivity index is 2.59. The van der Waals surface area contributed by atoms with E-state index in [1.807, 2.05) is 13.8 Å². The molecule has 0 aromatic carbocycles. The Morgan fingerprint density at radius 3 is 2.53 bits per heavy atom. The van der Waals surface area contributed by atoms with Gasteiger partial charge in [0.15, 0.2) is 0 Å². The van der Waals surface area contributed by atoms with Crippen LogP contribution in [-0.4, -0.2) is 30.1 Å². The maximum absolute atomic E-state index is 11.7. The maximum atomic E-state index is 11.7. The fourth-order valence-electron chi connectivity index (χ4n) is 1.74. The minimum atomic E-state index is -1.10. The van der Waals surface area contributed by atoms with E-state index in [2.05, 4.69) is 10.6 Å². The molecule has 1 rings (SSSR count). The lowest BCUT2D eigenvalue weighted by atomic mass is 10.0. The number of furan rings is 1. The monoisotopic (exact) mass is 268 g/mol. The van der Waals surface area contributed by atoms with Crippen LogP contribution >= 0.6 is 0 Å². The van der Waals surface area contributed by atoms with Crippen LogP contribution in [0.4, 0.5) is 0 Å². The summed E-state index contributed by atoms with van der Waals surface area (Å²) in [4.78, 5) is 22.4. The van der Waals surface area contributed by atoms with Gasteiger partial charge in [-0.2, -0.15) is 0 Å². The van der Waals surface area contributed by atoms with Crippen LogP contribution in [0.15, 0.2) is 16.5 Å². The third-order valence-corrected chi connectivity index (χ3v) is 2.67. The molecule has 106 valence electrons. The van der Waals surface area contributed by atoms with Gasteiger partial charge in [0.05, 0.1) is 12.6 Å². The van der Waals surface area contributed by atoms with Crippen molar-refractivity contribution in [2.45, 2.75) is 32.9 Å². The zero-order valence-electron chi connectivity index (χ0n) is 11.4. The topological polar surface area (TPSA) is 91.6 Å². The average Bonchev–Trinajstić information content (AvgIpc) is 2.82. The van der Waals surface area contributed by atoms with Crippen LogP contribution in [0.1, 0.15) is 36.6 Å². The third-order valence-electron chi connectivity index (χ3n) is 2.67. The van der Waals surface area contributed by atoms with E-state index in [1.165, 1.54) is 6.07 Å². The smallest absolute Gasteiger partial charge is 0.371 e. The summed E-state index contributed by atoms with van der Waals surface area (Å²) in [6.07, 6.45) is 0.701. The first-order chi connectivity index (χ1) is 8.93. The van der Waals surface area contributed by atoms with Gasteiger partial charge in [-0.25, -0.2) is 4.79 Å². The molecule has 1 unspecified atom stereocenters. The number of hydrogen-bond acceptors (Lipinski definition) is 4. The van der Waals surface area contributed by atoms with Crippen molar-refractivity contribution in [1.82, 2.24) is 10.6 Å². The van der Waals surface area contributed by atoms with Crippen molar-refractivity contribution < 1.29 is 19.1 Å². The summed E-state index contributed by atoms with van der Waals surface area (Å²) in [5.74, 6) is -0.414. The van der Waals surface area contributed by atoms with Gasteiger partial charge in [-0.05, 0) is 24.5 Å². The molecule has 6 heteroatoms. The second kappa shape index (κ2) is 6.94. The minimum absolute atomic E-state index is 0.0845. The Bertz CT molecular complexity index is 440. The summed E-state index contributed by atoms with van der Waals surface area (Å²) in [6, 6.07) is 2.67. The van der Waals surface area contributed by atoms with Crippen molar-refractivity contribution in [2.75, 3.05) is 7.05 Å². The maximum Gasteiger partial charge on any atom is 0.371 e. The lowest BCUT2D eigenvalue weighted by Crippen LogP contribution is -2.43. The van der Waals surface area contributed by atoms with E-state index in [0.717, 1.165) is 0 Å². The van der Waals surface area contributed by atoms with Gasteiger partial charge >= 0.3 is 5.97 Å². The summed E-state index contributed by atoms with van der Waals surface area (Å²) in [7, 11) is 1.59. The standard InChI is InChI=1S/C13H20N2O4/c1-8(2)6-10(12(16)14-3)15-7-9-4-5-11(19-9)13(17)18/h4-5,8,10,15H,6-7H2,1-3H3,(H,14,16)(H,17,18). The largest absolute Gasteiger partial charge is 0.475 e. The molecule has 0 aliphatic rings. The second-order valence-electron chi connectivity index (χ2n) is 4.75. The van der Waals surface area contributed by atoms with Crippen molar-refractivity contribution in [1.29, 1.82) is 0 Å². The van der Waals surface area contributed by atoms with Gasteiger partial charge in [-0.1, -0.05) is 13.8 Å². The fourth-order valence-corrected chi connectivity index (χ4v) is 1.74. The molecule has 6 nitrogen and oxygen atoms in total. The predicted octanol–water partition coefficient (Wildman–Crippen LogP) is 1.23. The summed E-state index contributed by atoms with van der Waals surface area (Å²) < 4.78 is 5.12.